The fourth-order valence-electron chi connectivity index (χ4n) is 2.09. The van der Waals surface area contributed by atoms with Crippen molar-refractivity contribution in [3.63, 3.8) is 0 Å². The van der Waals surface area contributed by atoms with Crippen molar-refractivity contribution < 1.29 is 9.53 Å². The fraction of sp³-hybridized carbons (Fsp3) is 0.316. The molecule has 0 unspecified atom stereocenters. The average molecular weight is 310 g/mol. The second kappa shape index (κ2) is 7.68. The minimum Gasteiger partial charge on any atom is -0.460 e. The molecule has 0 aliphatic heterocycles. The summed E-state index contributed by atoms with van der Waals surface area (Å²) in [5, 5.41) is 0. The van der Waals surface area contributed by atoms with Crippen molar-refractivity contribution in [1.82, 2.24) is 4.98 Å². The molecule has 0 aliphatic carbocycles. The van der Waals surface area contributed by atoms with Gasteiger partial charge in [0, 0.05) is 18.6 Å². The van der Waals surface area contributed by atoms with Crippen LogP contribution in [-0.4, -0.2) is 22.8 Å². The SMILES string of the molecule is CC(C)(C)OC(=O)C[C@H](N=Cc1ccccc1)c1cccnc1. The zero-order valence-electron chi connectivity index (χ0n) is 13.8. The van der Waals surface area contributed by atoms with Crippen molar-refractivity contribution in [2.45, 2.75) is 38.8 Å². The van der Waals surface area contributed by atoms with Crippen LogP contribution >= 0.6 is 0 Å². The van der Waals surface area contributed by atoms with Crippen LogP contribution in [0.25, 0.3) is 0 Å². The van der Waals surface area contributed by atoms with Gasteiger partial charge in [0.2, 0.25) is 0 Å². The van der Waals surface area contributed by atoms with E-state index in [0.29, 0.717) is 0 Å². The Morgan fingerprint density at radius 3 is 2.57 bits per heavy atom. The molecule has 0 fully saturated rings. The van der Waals surface area contributed by atoms with Crippen LogP contribution in [0.4, 0.5) is 0 Å². The maximum absolute atomic E-state index is 12.1. The third-order valence-electron chi connectivity index (χ3n) is 3.05. The summed E-state index contributed by atoms with van der Waals surface area (Å²) in [4.78, 5) is 20.8. The molecule has 1 atom stereocenters. The lowest BCUT2D eigenvalue weighted by molar-refractivity contribution is -0.155. The molecule has 0 N–H and O–H groups in total. The Kier molecular flexibility index (Phi) is 5.63. The molecule has 1 aromatic heterocycles. The molecule has 0 saturated carbocycles. The molecule has 0 radical (unpaired) electrons. The lowest BCUT2D eigenvalue weighted by Gasteiger charge is -2.21. The highest BCUT2D eigenvalue weighted by molar-refractivity contribution is 5.80. The van der Waals surface area contributed by atoms with Crippen LogP contribution in [0, 0.1) is 0 Å². The Bertz CT molecular complexity index is 646. The first-order chi connectivity index (χ1) is 10.9. The van der Waals surface area contributed by atoms with E-state index in [1.165, 1.54) is 0 Å². The number of esters is 1. The van der Waals surface area contributed by atoms with E-state index < -0.39 is 5.60 Å². The van der Waals surface area contributed by atoms with Crippen molar-refractivity contribution >= 4 is 12.2 Å². The molecule has 23 heavy (non-hydrogen) atoms. The van der Waals surface area contributed by atoms with Crippen LogP contribution in [0.5, 0.6) is 0 Å². The van der Waals surface area contributed by atoms with Crippen molar-refractivity contribution in [1.29, 1.82) is 0 Å². The number of carbonyl (C=O) groups is 1. The number of carbonyl (C=O) groups excluding carboxylic acids is 1. The molecule has 0 aliphatic rings. The van der Waals surface area contributed by atoms with Gasteiger partial charge in [0.25, 0.3) is 0 Å². The summed E-state index contributed by atoms with van der Waals surface area (Å²) in [6.07, 6.45) is 5.40. The summed E-state index contributed by atoms with van der Waals surface area (Å²) in [6.45, 7) is 5.58. The van der Waals surface area contributed by atoms with Gasteiger partial charge in [0.15, 0.2) is 0 Å². The van der Waals surface area contributed by atoms with Crippen LogP contribution in [0.15, 0.2) is 59.9 Å². The summed E-state index contributed by atoms with van der Waals surface area (Å²) in [6, 6.07) is 13.3. The number of hydrogen-bond acceptors (Lipinski definition) is 4. The van der Waals surface area contributed by atoms with E-state index in [4.69, 9.17) is 4.74 Å². The molecule has 2 aromatic rings. The molecular formula is C19H22N2O2. The number of ether oxygens (including phenoxy) is 1. The van der Waals surface area contributed by atoms with E-state index in [9.17, 15) is 4.79 Å². The van der Waals surface area contributed by atoms with Crippen molar-refractivity contribution in [2.24, 2.45) is 4.99 Å². The Balaban J connectivity index is 2.16. The average Bonchev–Trinajstić information content (AvgIpc) is 2.51. The standard InChI is InChI=1S/C19H22N2O2/c1-19(2,3)23-18(22)12-17(16-10-7-11-20-14-16)21-13-15-8-5-4-6-9-15/h4-11,13-14,17H,12H2,1-3H3/t17-/m0/s1. The maximum atomic E-state index is 12.1. The van der Waals surface area contributed by atoms with Gasteiger partial charge in [-0.05, 0) is 38.0 Å². The van der Waals surface area contributed by atoms with Crippen molar-refractivity contribution in [3.05, 3.63) is 66.0 Å². The Hall–Kier alpha value is -2.49. The van der Waals surface area contributed by atoms with Crippen LogP contribution < -0.4 is 0 Å². The smallest absolute Gasteiger partial charge is 0.308 e. The van der Waals surface area contributed by atoms with Crippen molar-refractivity contribution in [2.75, 3.05) is 0 Å². The molecule has 4 heteroatoms. The summed E-state index contributed by atoms with van der Waals surface area (Å²) in [5.41, 5.74) is 1.39. The summed E-state index contributed by atoms with van der Waals surface area (Å²) >= 11 is 0. The highest BCUT2D eigenvalue weighted by atomic mass is 16.6. The first kappa shape index (κ1) is 16.9. The van der Waals surface area contributed by atoms with Gasteiger partial charge in [-0.25, -0.2) is 0 Å². The van der Waals surface area contributed by atoms with E-state index in [-0.39, 0.29) is 18.4 Å². The summed E-state index contributed by atoms with van der Waals surface area (Å²) in [5.74, 6) is -0.267. The van der Waals surface area contributed by atoms with E-state index in [2.05, 4.69) is 9.98 Å². The third-order valence-corrected chi connectivity index (χ3v) is 3.05. The van der Waals surface area contributed by atoms with Crippen LogP contribution in [0.2, 0.25) is 0 Å². The lowest BCUT2D eigenvalue weighted by Crippen LogP contribution is -2.24. The van der Waals surface area contributed by atoms with Gasteiger partial charge >= 0.3 is 5.97 Å². The molecular weight excluding hydrogens is 288 g/mol. The second-order valence-corrected chi connectivity index (χ2v) is 6.28. The van der Waals surface area contributed by atoms with Crippen LogP contribution in [-0.2, 0) is 9.53 Å². The molecule has 0 saturated heterocycles. The number of hydrogen-bond donors (Lipinski definition) is 0. The molecule has 2 rings (SSSR count). The van der Waals surface area contributed by atoms with Crippen LogP contribution in [0.3, 0.4) is 0 Å². The van der Waals surface area contributed by atoms with E-state index in [1.54, 1.807) is 18.6 Å². The Labute approximate surface area is 137 Å². The quantitative estimate of drug-likeness (QED) is 0.620. The van der Waals surface area contributed by atoms with Crippen molar-refractivity contribution in [3.8, 4) is 0 Å². The molecule has 1 aromatic carbocycles. The van der Waals surface area contributed by atoms with E-state index in [1.807, 2.05) is 63.2 Å². The van der Waals surface area contributed by atoms with Gasteiger partial charge in [-0.3, -0.25) is 14.8 Å². The molecule has 1 heterocycles. The minimum absolute atomic E-state index is 0.187. The topological polar surface area (TPSA) is 51.5 Å². The number of nitrogens with zero attached hydrogens (tertiary/aromatic N) is 2. The monoisotopic (exact) mass is 310 g/mol. The largest absolute Gasteiger partial charge is 0.460 e. The number of rotatable bonds is 5. The maximum Gasteiger partial charge on any atom is 0.308 e. The van der Waals surface area contributed by atoms with E-state index in [0.717, 1.165) is 11.1 Å². The molecule has 0 spiro atoms. The Morgan fingerprint density at radius 2 is 1.96 bits per heavy atom. The van der Waals surface area contributed by atoms with Gasteiger partial charge in [0.1, 0.15) is 5.60 Å². The fourth-order valence-corrected chi connectivity index (χ4v) is 2.09. The predicted octanol–water partition coefficient (Wildman–Crippen LogP) is 3.97. The molecule has 0 bridgehead atoms. The second-order valence-electron chi connectivity index (χ2n) is 6.28. The first-order valence-electron chi connectivity index (χ1n) is 7.64. The molecule has 4 nitrogen and oxygen atoms in total. The van der Waals surface area contributed by atoms with Crippen LogP contribution in [0.1, 0.15) is 44.4 Å². The van der Waals surface area contributed by atoms with E-state index >= 15 is 0 Å². The van der Waals surface area contributed by atoms with Gasteiger partial charge in [-0.15, -0.1) is 0 Å². The van der Waals surface area contributed by atoms with Gasteiger partial charge in [-0.2, -0.15) is 0 Å². The zero-order valence-corrected chi connectivity index (χ0v) is 13.8. The zero-order chi connectivity index (χ0) is 16.7. The molecule has 120 valence electrons. The van der Waals surface area contributed by atoms with Gasteiger partial charge < -0.3 is 4.74 Å². The number of benzene rings is 1. The number of aliphatic imine (C=N–C) groups is 1. The lowest BCUT2D eigenvalue weighted by atomic mass is 10.1. The normalized spacial score (nSPS) is 13.0. The number of pyridine rings is 1. The Morgan fingerprint density at radius 1 is 1.22 bits per heavy atom. The van der Waals surface area contributed by atoms with Gasteiger partial charge in [-0.1, -0.05) is 36.4 Å². The number of aromatic nitrogens is 1. The third kappa shape index (κ3) is 6.02. The highest BCUT2D eigenvalue weighted by Crippen LogP contribution is 2.22. The minimum atomic E-state index is -0.500. The highest BCUT2D eigenvalue weighted by Gasteiger charge is 2.21. The van der Waals surface area contributed by atoms with Gasteiger partial charge in [0.05, 0.1) is 12.5 Å². The first-order valence-corrected chi connectivity index (χ1v) is 7.64. The summed E-state index contributed by atoms with van der Waals surface area (Å²) < 4.78 is 5.41. The predicted molar refractivity (Wildman–Crippen MR) is 91.5 cm³/mol. The molecule has 0 amide bonds. The summed E-state index contributed by atoms with van der Waals surface area (Å²) in [7, 11) is 0.